The molecule has 0 unspecified atom stereocenters. The molecule has 0 atom stereocenters. The molecule has 5 nitrogen and oxygen atoms in total. The molecule has 0 fully saturated rings. The van der Waals surface area contributed by atoms with Gasteiger partial charge in [-0.05, 0) is 55.0 Å². The second-order valence-electron chi connectivity index (χ2n) is 7.23. The Kier molecular flexibility index (Phi) is 7.14. The summed E-state index contributed by atoms with van der Waals surface area (Å²) in [5.41, 5.74) is 2.36. The Morgan fingerprint density at radius 3 is 2.28 bits per heavy atom. The predicted molar refractivity (Wildman–Crippen MR) is 117 cm³/mol. The van der Waals surface area contributed by atoms with Gasteiger partial charge in [-0.3, -0.25) is 9.59 Å². The van der Waals surface area contributed by atoms with E-state index in [4.69, 9.17) is 0 Å². The van der Waals surface area contributed by atoms with Crippen LogP contribution in [0.3, 0.4) is 0 Å². The number of amides is 2. The predicted octanol–water partition coefficient (Wildman–Crippen LogP) is 4.99. The molecule has 0 saturated heterocycles. The first-order valence-electron chi connectivity index (χ1n) is 9.85. The van der Waals surface area contributed by atoms with Crippen LogP contribution in [0.15, 0.2) is 72.8 Å². The molecule has 3 aromatic carbocycles. The van der Waals surface area contributed by atoms with E-state index in [1.54, 1.807) is 36.4 Å². The number of alkyl halides is 3. The van der Waals surface area contributed by atoms with Crippen LogP contribution in [0.4, 0.5) is 24.5 Å². The van der Waals surface area contributed by atoms with Gasteiger partial charge in [0, 0.05) is 23.5 Å². The Morgan fingerprint density at radius 2 is 1.56 bits per heavy atom. The number of nitrogens with one attached hydrogen (secondary N) is 3. The quantitative estimate of drug-likeness (QED) is 0.484. The number of carbonyl (C=O) groups is 2. The second kappa shape index (κ2) is 10.00. The maximum atomic E-state index is 12.8. The largest absolute Gasteiger partial charge is 0.416 e. The van der Waals surface area contributed by atoms with Crippen molar-refractivity contribution < 1.29 is 22.8 Å². The minimum Gasteiger partial charge on any atom is -0.376 e. The fourth-order valence-electron chi connectivity index (χ4n) is 2.92. The van der Waals surface area contributed by atoms with Crippen molar-refractivity contribution in [1.29, 1.82) is 0 Å². The van der Waals surface area contributed by atoms with Crippen molar-refractivity contribution in [2.75, 3.05) is 17.2 Å². The number of benzene rings is 3. The maximum absolute atomic E-state index is 12.8. The van der Waals surface area contributed by atoms with Gasteiger partial charge in [0.15, 0.2) is 0 Å². The summed E-state index contributed by atoms with van der Waals surface area (Å²) in [7, 11) is 0. The van der Waals surface area contributed by atoms with Gasteiger partial charge in [-0.1, -0.05) is 35.9 Å². The lowest BCUT2D eigenvalue weighted by Crippen LogP contribution is -2.29. The van der Waals surface area contributed by atoms with Crippen LogP contribution < -0.4 is 16.0 Å². The van der Waals surface area contributed by atoms with Gasteiger partial charge in [-0.15, -0.1) is 0 Å². The van der Waals surface area contributed by atoms with Gasteiger partial charge >= 0.3 is 6.18 Å². The molecule has 32 heavy (non-hydrogen) atoms. The highest BCUT2D eigenvalue weighted by Crippen LogP contribution is 2.30. The molecule has 0 aliphatic rings. The lowest BCUT2D eigenvalue weighted by atomic mass is 10.1. The van der Waals surface area contributed by atoms with Crippen LogP contribution in [0.25, 0.3) is 0 Å². The first-order valence-corrected chi connectivity index (χ1v) is 9.85. The van der Waals surface area contributed by atoms with Gasteiger partial charge in [-0.25, -0.2) is 0 Å². The number of hydrogen-bond donors (Lipinski definition) is 3. The molecule has 0 aliphatic heterocycles. The molecular formula is C24H22F3N3O2. The van der Waals surface area contributed by atoms with E-state index in [9.17, 15) is 22.8 Å². The summed E-state index contributed by atoms with van der Waals surface area (Å²) in [6, 6.07) is 18.9. The summed E-state index contributed by atoms with van der Waals surface area (Å²) in [4.78, 5) is 24.4. The smallest absolute Gasteiger partial charge is 0.376 e. The lowest BCUT2D eigenvalue weighted by Gasteiger charge is -2.11. The van der Waals surface area contributed by atoms with Gasteiger partial charge in [0.25, 0.3) is 5.91 Å². The number of carbonyl (C=O) groups excluding carboxylic acids is 2. The van der Waals surface area contributed by atoms with Crippen molar-refractivity contribution in [3.05, 3.63) is 95.1 Å². The third-order valence-corrected chi connectivity index (χ3v) is 4.63. The number of halogens is 3. The Bertz CT molecular complexity index is 1100. The van der Waals surface area contributed by atoms with Crippen LogP contribution >= 0.6 is 0 Å². The van der Waals surface area contributed by atoms with Crippen LogP contribution in [-0.2, 0) is 17.5 Å². The van der Waals surface area contributed by atoms with E-state index in [0.29, 0.717) is 11.3 Å². The maximum Gasteiger partial charge on any atom is 0.416 e. The zero-order valence-electron chi connectivity index (χ0n) is 17.3. The number of anilines is 2. The molecule has 166 valence electrons. The molecule has 0 aromatic heterocycles. The van der Waals surface area contributed by atoms with Crippen LogP contribution in [-0.4, -0.2) is 18.4 Å². The van der Waals surface area contributed by atoms with Gasteiger partial charge in [0.1, 0.15) is 0 Å². The van der Waals surface area contributed by atoms with E-state index in [0.717, 1.165) is 23.3 Å². The second-order valence-corrected chi connectivity index (χ2v) is 7.23. The highest BCUT2D eigenvalue weighted by Gasteiger charge is 2.30. The number of aryl methyl sites for hydroxylation is 1. The standard InChI is InChI=1S/C24H22F3N3O2/c1-16-8-10-18(11-9-16)23(32)30-21-7-2-4-17(12-21)14-29-22(31)15-28-20-6-3-5-19(13-20)24(25,26)27/h2-13,28H,14-15H2,1H3,(H,29,31)(H,30,32). The van der Waals surface area contributed by atoms with Gasteiger partial charge in [-0.2, -0.15) is 13.2 Å². The zero-order chi connectivity index (χ0) is 23.1. The highest BCUT2D eigenvalue weighted by atomic mass is 19.4. The minimum atomic E-state index is -4.44. The topological polar surface area (TPSA) is 70.2 Å². The fourth-order valence-corrected chi connectivity index (χ4v) is 2.92. The summed E-state index contributed by atoms with van der Waals surface area (Å²) in [6.45, 7) is 1.97. The summed E-state index contributed by atoms with van der Waals surface area (Å²) in [5.74, 6) is -0.618. The molecule has 3 N–H and O–H groups in total. The molecule has 0 radical (unpaired) electrons. The van der Waals surface area contributed by atoms with Gasteiger partial charge in [0.2, 0.25) is 5.91 Å². The van der Waals surface area contributed by atoms with Crippen molar-refractivity contribution in [2.45, 2.75) is 19.6 Å². The minimum absolute atomic E-state index is 0.175. The van der Waals surface area contributed by atoms with Crippen molar-refractivity contribution in [1.82, 2.24) is 5.32 Å². The monoisotopic (exact) mass is 441 g/mol. The summed E-state index contributed by atoms with van der Waals surface area (Å²) < 4.78 is 38.3. The van der Waals surface area contributed by atoms with Crippen molar-refractivity contribution in [3.63, 3.8) is 0 Å². The average Bonchev–Trinajstić information content (AvgIpc) is 2.76. The lowest BCUT2D eigenvalue weighted by molar-refractivity contribution is -0.137. The van der Waals surface area contributed by atoms with Crippen molar-refractivity contribution in [3.8, 4) is 0 Å². The molecule has 0 saturated carbocycles. The summed E-state index contributed by atoms with van der Waals surface area (Å²) in [6.07, 6.45) is -4.44. The zero-order valence-corrected chi connectivity index (χ0v) is 17.3. The van der Waals surface area contributed by atoms with E-state index in [1.807, 2.05) is 19.1 Å². The van der Waals surface area contributed by atoms with Crippen molar-refractivity contribution >= 4 is 23.2 Å². The molecule has 0 heterocycles. The fraction of sp³-hybridized carbons (Fsp3) is 0.167. The Morgan fingerprint density at radius 1 is 0.875 bits per heavy atom. The summed E-state index contributed by atoms with van der Waals surface area (Å²) >= 11 is 0. The first kappa shape index (κ1) is 22.9. The van der Waals surface area contributed by atoms with Gasteiger partial charge in [0.05, 0.1) is 12.1 Å². The molecule has 0 spiro atoms. The SMILES string of the molecule is Cc1ccc(C(=O)Nc2cccc(CNC(=O)CNc3cccc(C(F)(F)F)c3)c2)cc1. The van der Waals surface area contributed by atoms with E-state index in [-0.39, 0.29) is 30.6 Å². The summed E-state index contributed by atoms with van der Waals surface area (Å²) in [5, 5.41) is 8.19. The molecule has 3 aromatic rings. The Labute approximate surface area is 183 Å². The third kappa shape index (κ3) is 6.60. The van der Waals surface area contributed by atoms with Crippen LogP contribution in [0.2, 0.25) is 0 Å². The van der Waals surface area contributed by atoms with Gasteiger partial charge < -0.3 is 16.0 Å². The first-order chi connectivity index (χ1) is 15.2. The van der Waals surface area contributed by atoms with E-state index in [2.05, 4.69) is 16.0 Å². The van der Waals surface area contributed by atoms with Crippen LogP contribution in [0.5, 0.6) is 0 Å². The number of rotatable bonds is 7. The van der Waals surface area contributed by atoms with E-state index in [1.165, 1.54) is 12.1 Å². The van der Waals surface area contributed by atoms with E-state index < -0.39 is 11.7 Å². The molecule has 3 rings (SSSR count). The van der Waals surface area contributed by atoms with Crippen LogP contribution in [0.1, 0.15) is 27.0 Å². The molecule has 2 amide bonds. The van der Waals surface area contributed by atoms with Crippen molar-refractivity contribution in [2.24, 2.45) is 0 Å². The molecular weight excluding hydrogens is 419 g/mol. The molecule has 0 aliphatic carbocycles. The third-order valence-electron chi connectivity index (χ3n) is 4.63. The number of hydrogen-bond acceptors (Lipinski definition) is 3. The Balaban J connectivity index is 1.51. The molecule has 8 heteroatoms. The highest BCUT2D eigenvalue weighted by molar-refractivity contribution is 6.04. The Hall–Kier alpha value is -3.81. The molecule has 0 bridgehead atoms. The van der Waals surface area contributed by atoms with Crippen LogP contribution in [0, 0.1) is 6.92 Å². The normalized spacial score (nSPS) is 11.0. The van der Waals surface area contributed by atoms with E-state index >= 15 is 0 Å². The average molecular weight is 441 g/mol.